The maximum absolute atomic E-state index is 11.9. The number of hydrogen-bond acceptors (Lipinski definition) is 3. The quantitative estimate of drug-likeness (QED) is 0.853. The summed E-state index contributed by atoms with van der Waals surface area (Å²) in [5.41, 5.74) is 0.453. The Morgan fingerprint density at radius 3 is 2.22 bits per heavy atom. The van der Waals surface area contributed by atoms with Gasteiger partial charge in [0.1, 0.15) is 6.04 Å². The highest BCUT2D eigenvalue weighted by Gasteiger charge is 2.25. The molecule has 0 saturated carbocycles. The number of carbonyl (C=O) groups excluding carboxylic acids is 2. The number of halogens is 1. The van der Waals surface area contributed by atoms with Gasteiger partial charge in [-0.2, -0.15) is 0 Å². The molecule has 1 aromatic carbocycles. The molecule has 1 amide bonds. The lowest BCUT2D eigenvalue weighted by atomic mass is 10.0. The third-order valence-corrected chi connectivity index (χ3v) is 2.77. The summed E-state index contributed by atoms with van der Waals surface area (Å²) in [6.45, 7) is 3.67. The summed E-state index contributed by atoms with van der Waals surface area (Å²) in [5.74, 6) is -0.822. The van der Waals surface area contributed by atoms with Gasteiger partial charge in [-0.25, -0.2) is 4.79 Å². The number of amides is 1. The summed E-state index contributed by atoms with van der Waals surface area (Å²) >= 11 is 5.74. The van der Waals surface area contributed by atoms with Crippen LogP contribution in [0.3, 0.4) is 0 Å². The smallest absolute Gasteiger partial charge is 0.328 e. The summed E-state index contributed by atoms with van der Waals surface area (Å²) in [6.07, 6.45) is 0. The predicted octanol–water partition coefficient (Wildman–Crippen LogP) is 2.27. The summed E-state index contributed by atoms with van der Waals surface area (Å²) in [5, 5.41) is 3.20. The molecule has 1 atom stereocenters. The van der Waals surface area contributed by atoms with E-state index in [1.54, 1.807) is 24.3 Å². The van der Waals surface area contributed by atoms with Crippen LogP contribution >= 0.6 is 11.6 Å². The van der Waals surface area contributed by atoms with Crippen molar-refractivity contribution in [2.24, 2.45) is 5.92 Å². The first kappa shape index (κ1) is 14.5. The Hall–Kier alpha value is -1.55. The van der Waals surface area contributed by atoms with Crippen LogP contribution in [0.15, 0.2) is 24.3 Å². The van der Waals surface area contributed by atoms with Gasteiger partial charge in [-0.15, -0.1) is 0 Å². The van der Waals surface area contributed by atoms with Crippen LogP contribution < -0.4 is 5.32 Å². The fourth-order valence-electron chi connectivity index (χ4n) is 1.45. The highest BCUT2D eigenvalue weighted by Crippen LogP contribution is 2.11. The van der Waals surface area contributed by atoms with Crippen LogP contribution in [0.4, 0.5) is 0 Å². The minimum atomic E-state index is -0.654. The van der Waals surface area contributed by atoms with Crippen molar-refractivity contribution in [3.8, 4) is 0 Å². The number of nitrogens with one attached hydrogen (secondary N) is 1. The minimum absolute atomic E-state index is 0.0475. The molecular formula is C13H16ClNO3. The van der Waals surface area contributed by atoms with E-state index in [0.29, 0.717) is 10.6 Å². The van der Waals surface area contributed by atoms with Crippen molar-refractivity contribution >= 4 is 23.5 Å². The first-order valence-electron chi connectivity index (χ1n) is 5.60. The van der Waals surface area contributed by atoms with Crippen LogP contribution in [0.5, 0.6) is 0 Å². The number of esters is 1. The van der Waals surface area contributed by atoms with Crippen molar-refractivity contribution in [2.45, 2.75) is 19.9 Å². The third-order valence-electron chi connectivity index (χ3n) is 2.51. The normalized spacial score (nSPS) is 12.1. The Labute approximate surface area is 111 Å². The van der Waals surface area contributed by atoms with E-state index in [2.05, 4.69) is 10.1 Å². The van der Waals surface area contributed by atoms with E-state index in [4.69, 9.17) is 11.6 Å². The Morgan fingerprint density at radius 1 is 1.22 bits per heavy atom. The molecule has 1 aromatic rings. The van der Waals surface area contributed by atoms with Gasteiger partial charge in [0, 0.05) is 10.6 Å². The van der Waals surface area contributed by atoms with Gasteiger partial charge in [0.15, 0.2) is 0 Å². The zero-order valence-electron chi connectivity index (χ0n) is 10.6. The van der Waals surface area contributed by atoms with Gasteiger partial charge in [0.25, 0.3) is 5.91 Å². The Kier molecular flexibility index (Phi) is 5.16. The molecule has 18 heavy (non-hydrogen) atoms. The standard InChI is InChI=1S/C13H16ClNO3/c1-8(2)11(13(17)18-3)15-12(16)9-4-6-10(14)7-5-9/h4-8,11H,1-3H3,(H,15,16)/t11-/m1/s1. The Bertz CT molecular complexity index is 428. The lowest BCUT2D eigenvalue weighted by Gasteiger charge is -2.19. The summed E-state index contributed by atoms with van der Waals surface area (Å²) in [7, 11) is 1.30. The average molecular weight is 270 g/mol. The molecule has 0 aliphatic heterocycles. The van der Waals surface area contributed by atoms with Gasteiger partial charge in [-0.3, -0.25) is 4.79 Å². The van der Waals surface area contributed by atoms with E-state index in [0.717, 1.165) is 0 Å². The molecule has 0 fully saturated rings. The highest BCUT2D eigenvalue weighted by molar-refractivity contribution is 6.30. The Balaban J connectivity index is 2.78. The molecule has 4 nitrogen and oxygen atoms in total. The van der Waals surface area contributed by atoms with Gasteiger partial charge in [-0.05, 0) is 30.2 Å². The lowest BCUT2D eigenvalue weighted by Crippen LogP contribution is -2.45. The van der Waals surface area contributed by atoms with Crippen LogP contribution in [-0.4, -0.2) is 25.0 Å². The monoisotopic (exact) mass is 269 g/mol. The average Bonchev–Trinajstić information content (AvgIpc) is 2.35. The van der Waals surface area contributed by atoms with Gasteiger partial charge < -0.3 is 10.1 Å². The zero-order valence-corrected chi connectivity index (χ0v) is 11.3. The molecule has 0 spiro atoms. The summed E-state index contributed by atoms with van der Waals surface area (Å²) < 4.78 is 4.65. The van der Waals surface area contributed by atoms with Crippen molar-refractivity contribution in [1.29, 1.82) is 0 Å². The molecule has 0 aliphatic carbocycles. The number of methoxy groups -OCH3 is 1. The van der Waals surface area contributed by atoms with Crippen LogP contribution in [0.25, 0.3) is 0 Å². The lowest BCUT2D eigenvalue weighted by molar-refractivity contribution is -0.144. The molecule has 1 rings (SSSR count). The zero-order chi connectivity index (χ0) is 13.7. The van der Waals surface area contributed by atoms with Crippen molar-refractivity contribution in [3.05, 3.63) is 34.9 Å². The van der Waals surface area contributed by atoms with Crippen LogP contribution in [0.2, 0.25) is 5.02 Å². The van der Waals surface area contributed by atoms with E-state index >= 15 is 0 Å². The molecule has 0 radical (unpaired) electrons. The van der Waals surface area contributed by atoms with Crippen molar-refractivity contribution in [2.75, 3.05) is 7.11 Å². The topological polar surface area (TPSA) is 55.4 Å². The Morgan fingerprint density at radius 2 is 1.78 bits per heavy atom. The molecule has 5 heteroatoms. The van der Waals surface area contributed by atoms with Crippen LogP contribution in [-0.2, 0) is 9.53 Å². The fraction of sp³-hybridized carbons (Fsp3) is 0.385. The largest absolute Gasteiger partial charge is 0.467 e. The second-order valence-corrected chi connectivity index (χ2v) is 4.66. The SMILES string of the molecule is COC(=O)[C@H](NC(=O)c1ccc(Cl)cc1)C(C)C. The molecule has 0 unspecified atom stereocenters. The first-order chi connectivity index (χ1) is 8.45. The minimum Gasteiger partial charge on any atom is -0.467 e. The molecule has 1 N–H and O–H groups in total. The number of rotatable bonds is 4. The molecule has 0 aliphatic rings. The second kappa shape index (κ2) is 6.40. The fourth-order valence-corrected chi connectivity index (χ4v) is 1.58. The van der Waals surface area contributed by atoms with Gasteiger partial charge in [0.05, 0.1) is 7.11 Å². The summed E-state index contributed by atoms with van der Waals surface area (Å²) in [4.78, 5) is 23.4. The molecule has 0 heterocycles. The van der Waals surface area contributed by atoms with Gasteiger partial charge in [0.2, 0.25) is 0 Å². The van der Waals surface area contributed by atoms with E-state index in [-0.39, 0.29) is 11.8 Å². The van der Waals surface area contributed by atoms with Crippen molar-refractivity contribution in [1.82, 2.24) is 5.32 Å². The molecule has 0 bridgehead atoms. The predicted molar refractivity (Wildman–Crippen MR) is 69.6 cm³/mol. The van der Waals surface area contributed by atoms with E-state index in [9.17, 15) is 9.59 Å². The molecule has 98 valence electrons. The van der Waals surface area contributed by atoms with Crippen molar-refractivity contribution < 1.29 is 14.3 Å². The molecule has 0 saturated heterocycles. The highest BCUT2D eigenvalue weighted by atomic mass is 35.5. The molecular weight excluding hydrogens is 254 g/mol. The molecule has 0 aromatic heterocycles. The maximum Gasteiger partial charge on any atom is 0.328 e. The van der Waals surface area contributed by atoms with Crippen LogP contribution in [0, 0.1) is 5.92 Å². The third kappa shape index (κ3) is 3.74. The number of benzene rings is 1. The first-order valence-corrected chi connectivity index (χ1v) is 5.97. The number of hydrogen-bond donors (Lipinski definition) is 1. The van der Waals surface area contributed by atoms with Gasteiger partial charge in [-0.1, -0.05) is 25.4 Å². The number of carbonyl (C=O) groups is 2. The second-order valence-electron chi connectivity index (χ2n) is 4.23. The summed E-state index contributed by atoms with van der Waals surface area (Å²) in [6, 6.07) is 5.80. The van der Waals surface area contributed by atoms with Gasteiger partial charge >= 0.3 is 5.97 Å². The maximum atomic E-state index is 11.9. The number of ether oxygens (including phenoxy) is 1. The van der Waals surface area contributed by atoms with Crippen molar-refractivity contribution in [3.63, 3.8) is 0 Å². The van der Waals surface area contributed by atoms with Crippen LogP contribution in [0.1, 0.15) is 24.2 Å². The van der Waals surface area contributed by atoms with E-state index < -0.39 is 12.0 Å². The van der Waals surface area contributed by atoms with E-state index in [1.165, 1.54) is 7.11 Å². The van der Waals surface area contributed by atoms with E-state index in [1.807, 2.05) is 13.8 Å².